The van der Waals surface area contributed by atoms with Crippen LogP contribution in [0.3, 0.4) is 0 Å². The van der Waals surface area contributed by atoms with Gasteiger partial charge in [-0.25, -0.2) is 22.5 Å². The predicted molar refractivity (Wildman–Crippen MR) is 89.3 cm³/mol. The molecule has 0 spiro atoms. The molecule has 1 aliphatic heterocycles. The van der Waals surface area contributed by atoms with Crippen LogP contribution in [0, 0.1) is 5.82 Å². The van der Waals surface area contributed by atoms with Crippen molar-refractivity contribution in [2.45, 2.75) is 30.7 Å². The normalized spacial score (nSPS) is 21.1. The Morgan fingerprint density at radius 2 is 2.07 bits per heavy atom. The Morgan fingerprint density at radius 1 is 1.34 bits per heavy atom. The minimum atomic E-state index is -3.74. The van der Waals surface area contributed by atoms with Gasteiger partial charge in [0.2, 0.25) is 0 Å². The molecule has 1 aromatic heterocycles. The number of amidine groups is 1. The number of anilines is 1. The molecule has 2 aromatic rings. The summed E-state index contributed by atoms with van der Waals surface area (Å²) in [5, 5.41) is 2.18. The Balaban J connectivity index is 1.97. The van der Waals surface area contributed by atoms with Crippen molar-refractivity contribution in [2.24, 2.45) is 10.7 Å². The van der Waals surface area contributed by atoms with Crippen LogP contribution < -0.4 is 11.1 Å². The number of hydrogen-bond donors (Lipinski definition) is 2. The predicted octanol–water partition coefficient (Wildman–Crippen LogP) is 3.95. The molecule has 1 atom stereocenters. The summed E-state index contributed by atoms with van der Waals surface area (Å²) in [6.07, 6.45) is -3.50. The van der Waals surface area contributed by atoms with Gasteiger partial charge in [0.15, 0.2) is 11.2 Å². The van der Waals surface area contributed by atoms with Gasteiger partial charge in [-0.3, -0.25) is 9.79 Å². The molecule has 0 saturated carbocycles. The van der Waals surface area contributed by atoms with Gasteiger partial charge in [-0.1, -0.05) is 0 Å². The van der Waals surface area contributed by atoms with Gasteiger partial charge in [-0.15, -0.1) is 0 Å². The molecule has 12 heteroatoms. The largest absolute Gasteiger partial charge is 0.443 e. The average Bonchev–Trinajstić information content (AvgIpc) is 3.16. The molecule has 0 saturated heterocycles. The third kappa shape index (κ3) is 3.66. The van der Waals surface area contributed by atoms with Crippen molar-refractivity contribution in [1.82, 2.24) is 4.98 Å². The van der Waals surface area contributed by atoms with Crippen LogP contribution >= 0.6 is 0 Å². The van der Waals surface area contributed by atoms with E-state index < -0.39 is 59.9 Å². The Labute approximate surface area is 159 Å². The zero-order chi connectivity index (χ0) is 21.4. The summed E-state index contributed by atoms with van der Waals surface area (Å²) in [5.74, 6) is -7.19. The number of carbonyl (C=O) groups excluding carboxylic acids is 1. The molecule has 3 rings (SSSR count). The highest BCUT2D eigenvalue weighted by Gasteiger charge is 2.58. The summed E-state index contributed by atoms with van der Waals surface area (Å²) in [6, 6.07) is 2.55. The van der Waals surface area contributed by atoms with Gasteiger partial charge in [0, 0.05) is 24.1 Å². The first-order valence-corrected chi connectivity index (χ1v) is 8.22. The number of nitrogens with zero attached hydrogens (tertiary/aromatic N) is 2. The van der Waals surface area contributed by atoms with E-state index in [0.717, 1.165) is 18.2 Å². The number of amides is 1. The minimum absolute atomic E-state index is 0.212. The molecule has 1 aromatic carbocycles. The van der Waals surface area contributed by atoms with Gasteiger partial charge in [-0.05, 0) is 18.2 Å². The maximum absolute atomic E-state index is 14.6. The smallest absolute Gasteiger partial charge is 0.313 e. The molecule has 3 N–H and O–H groups in total. The highest BCUT2D eigenvalue weighted by Crippen LogP contribution is 2.48. The molecule has 1 unspecified atom stereocenters. The Morgan fingerprint density at radius 3 is 2.69 bits per heavy atom. The lowest BCUT2D eigenvalue weighted by molar-refractivity contribution is -0.0959. The van der Waals surface area contributed by atoms with E-state index in [1.54, 1.807) is 0 Å². The molecule has 6 nitrogen and oxygen atoms in total. The van der Waals surface area contributed by atoms with Crippen molar-refractivity contribution in [1.29, 1.82) is 0 Å². The van der Waals surface area contributed by atoms with Crippen LogP contribution in [0.1, 0.15) is 41.2 Å². The zero-order valence-corrected chi connectivity index (χ0v) is 14.6. The minimum Gasteiger partial charge on any atom is -0.443 e. The van der Waals surface area contributed by atoms with Gasteiger partial charge < -0.3 is 15.5 Å². The fourth-order valence-electron chi connectivity index (χ4n) is 2.94. The van der Waals surface area contributed by atoms with Gasteiger partial charge in [0.05, 0.1) is 5.84 Å². The highest BCUT2D eigenvalue weighted by atomic mass is 19.3. The monoisotopic (exact) mass is 420 g/mol. The number of benzene rings is 1. The molecular weight excluding hydrogens is 406 g/mol. The third-order valence-electron chi connectivity index (χ3n) is 4.44. The van der Waals surface area contributed by atoms with E-state index >= 15 is 0 Å². The maximum atomic E-state index is 14.6. The molecule has 0 bridgehead atoms. The molecule has 2 heterocycles. The van der Waals surface area contributed by atoms with E-state index in [-0.39, 0.29) is 17.9 Å². The van der Waals surface area contributed by atoms with E-state index in [1.807, 2.05) is 0 Å². The second-order valence-electron chi connectivity index (χ2n) is 6.32. The number of hydrogen-bond acceptors (Lipinski definition) is 5. The number of aromatic nitrogens is 1. The van der Waals surface area contributed by atoms with Crippen LogP contribution in [-0.2, 0) is 5.54 Å². The number of halogens is 6. The van der Waals surface area contributed by atoms with Crippen LogP contribution in [-0.4, -0.2) is 29.3 Å². The topological polar surface area (TPSA) is 93.5 Å². The van der Waals surface area contributed by atoms with Crippen LogP contribution in [0.2, 0.25) is 0 Å². The lowest BCUT2D eigenvalue weighted by Gasteiger charge is -2.39. The zero-order valence-electron chi connectivity index (χ0n) is 14.6. The maximum Gasteiger partial charge on any atom is 0.313 e. The molecule has 0 aliphatic carbocycles. The van der Waals surface area contributed by atoms with Gasteiger partial charge in [0.25, 0.3) is 17.7 Å². The van der Waals surface area contributed by atoms with E-state index in [9.17, 15) is 31.1 Å². The van der Waals surface area contributed by atoms with Crippen LogP contribution in [0.15, 0.2) is 33.9 Å². The van der Waals surface area contributed by atoms with Crippen molar-refractivity contribution in [2.75, 3.05) is 12.0 Å². The summed E-state index contributed by atoms with van der Waals surface area (Å²) in [4.78, 5) is 18.9. The lowest BCUT2D eigenvalue weighted by Crippen LogP contribution is -2.51. The van der Waals surface area contributed by atoms with Gasteiger partial charge in [-0.2, -0.15) is 8.78 Å². The number of alkyl halides is 5. The molecular formula is C17H14F6N4O2. The number of nitrogens with two attached hydrogens (primary N) is 1. The Bertz CT molecular complexity index is 961. The van der Waals surface area contributed by atoms with E-state index in [4.69, 9.17) is 5.73 Å². The molecule has 0 fully saturated rings. The number of nitrogens with one attached hydrogen (secondary N) is 1. The van der Waals surface area contributed by atoms with Crippen molar-refractivity contribution in [3.8, 4) is 0 Å². The van der Waals surface area contributed by atoms with E-state index in [2.05, 4.69) is 19.7 Å². The van der Waals surface area contributed by atoms with Crippen LogP contribution in [0.25, 0.3) is 0 Å². The fourth-order valence-corrected chi connectivity index (χ4v) is 2.94. The molecule has 156 valence electrons. The first-order chi connectivity index (χ1) is 13.6. The summed E-state index contributed by atoms with van der Waals surface area (Å²) in [5.41, 5.74) is 1.07. The van der Waals surface area contributed by atoms with Crippen LogP contribution in [0.4, 0.5) is 32.0 Å². The summed E-state index contributed by atoms with van der Waals surface area (Å²) in [6.45, 7) is -1.74. The standard InChI is InChI=1S/C17H14F6N4O2/c18-7-16(17(22,23)4-3-12(24)27-16)9-5-8(1-2-10(9)19)25-14(28)11-6-29-15(26-11)13(20)21/h1-2,5-6,13H,3-4,7H2,(H2,24,27)(H,25,28). The summed E-state index contributed by atoms with van der Waals surface area (Å²) in [7, 11) is 0. The van der Waals surface area contributed by atoms with Crippen LogP contribution in [0.5, 0.6) is 0 Å². The lowest BCUT2D eigenvalue weighted by atomic mass is 9.80. The van der Waals surface area contributed by atoms with Crippen molar-refractivity contribution in [3.63, 3.8) is 0 Å². The first-order valence-electron chi connectivity index (χ1n) is 8.22. The van der Waals surface area contributed by atoms with Gasteiger partial charge in [0.1, 0.15) is 18.8 Å². The Hall–Kier alpha value is -3.05. The van der Waals surface area contributed by atoms with E-state index in [1.165, 1.54) is 0 Å². The molecule has 29 heavy (non-hydrogen) atoms. The number of carbonyl (C=O) groups is 1. The molecule has 1 amide bonds. The van der Waals surface area contributed by atoms with E-state index in [0.29, 0.717) is 6.26 Å². The second kappa shape index (κ2) is 7.41. The summed E-state index contributed by atoms with van der Waals surface area (Å²) >= 11 is 0. The number of aliphatic imine (C=N–C) groups is 1. The first kappa shape index (κ1) is 20.7. The molecule has 1 aliphatic rings. The average molecular weight is 420 g/mol. The number of rotatable bonds is 5. The SMILES string of the molecule is NC1=NC(CF)(c2cc(NC(=O)c3coc(C(F)F)n3)ccc2F)C(F)(F)CC1. The van der Waals surface area contributed by atoms with Crippen molar-refractivity contribution < 1.29 is 35.6 Å². The quantitative estimate of drug-likeness (QED) is 0.717. The third-order valence-corrected chi connectivity index (χ3v) is 4.44. The summed E-state index contributed by atoms with van der Waals surface area (Å²) < 4.78 is 86.7. The molecule has 0 radical (unpaired) electrons. The van der Waals surface area contributed by atoms with Gasteiger partial charge >= 0.3 is 6.43 Å². The van der Waals surface area contributed by atoms with Crippen molar-refractivity contribution in [3.05, 3.63) is 47.4 Å². The fraction of sp³-hybridized carbons (Fsp3) is 0.353. The van der Waals surface area contributed by atoms with Crippen molar-refractivity contribution >= 4 is 17.4 Å². The second-order valence-corrected chi connectivity index (χ2v) is 6.32. The highest BCUT2D eigenvalue weighted by molar-refractivity contribution is 6.02. The Kier molecular flexibility index (Phi) is 5.28. The number of oxazole rings is 1.